The lowest BCUT2D eigenvalue weighted by Crippen LogP contribution is -2.43. The van der Waals surface area contributed by atoms with Gasteiger partial charge in [0.15, 0.2) is 6.61 Å². The van der Waals surface area contributed by atoms with Crippen LogP contribution in [-0.2, 0) is 20.7 Å². The zero-order valence-corrected chi connectivity index (χ0v) is 14.7. The number of hydrogen-bond donors (Lipinski definition) is 1. The van der Waals surface area contributed by atoms with Gasteiger partial charge in [-0.3, -0.25) is 0 Å². The fraction of sp³-hybridized carbons (Fsp3) is 0.474. The molecule has 0 spiro atoms. The third-order valence-electron chi connectivity index (χ3n) is 3.47. The summed E-state index contributed by atoms with van der Waals surface area (Å²) in [4.78, 5) is 23.9. The summed E-state index contributed by atoms with van der Waals surface area (Å²) in [7, 11) is 0. The molecule has 1 rings (SSSR count). The van der Waals surface area contributed by atoms with Gasteiger partial charge in [-0.05, 0) is 24.1 Å². The molecule has 142 valence electrons. The molecule has 0 aliphatic rings. The normalized spacial score (nSPS) is 11.3. The fourth-order valence-corrected chi connectivity index (χ4v) is 2.25. The smallest absolute Gasteiger partial charge is 0.407 e. The predicted octanol–water partition coefficient (Wildman–Crippen LogP) is 3.36. The molecule has 5 nitrogen and oxygen atoms in total. The third kappa shape index (κ3) is 8.47. The van der Waals surface area contributed by atoms with E-state index in [4.69, 9.17) is 15.9 Å². The van der Waals surface area contributed by atoms with E-state index in [1.807, 2.05) is 0 Å². The van der Waals surface area contributed by atoms with E-state index in [9.17, 15) is 18.4 Å². The molecule has 1 amide bonds. The van der Waals surface area contributed by atoms with Gasteiger partial charge in [-0.1, -0.05) is 32.1 Å². The molecule has 0 saturated heterocycles. The Morgan fingerprint density at radius 1 is 1.15 bits per heavy atom. The summed E-state index contributed by atoms with van der Waals surface area (Å²) in [6.07, 6.45) is 7.80. The Hall–Kier alpha value is -2.62. The van der Waals surface area contributed by atoms with E-state index in [2.05, 4.69) is 18.2 Å². The molecule has 1 atom stereocenters. The summed E-state index contributed by atoms with van der Waals surface area (Å²) in [5, 5.41) is 2.35. The van der Waals surface area contributed by atoms with Gasteiger partial charge in [-0.15, -0.1) is 6.42 Å². The molecule has 0 aromatic heterocycles. The third-order valence-corrected chi connectivity index (χ3v) is 3.47. The zero-order valence-electron chi connectivity index (χ0n) is 14.7. The minimum atomic E-state index is -1.17. The molecule has 1 aromatic carbocycles. The molecule has 1 aromatic rings. The van der Waals surface area contributed by atoms with E-state index >= 15 is 0 Å². The second-order valence-corrected chi connectivity index (χ2v) is 5.69. The Morgan fingerprint density at radius 2 is 1.85 bits per heavy atom. The predicted molar refractivity (Wildman–Crippen MR) is 92.3 cm³/mol. The van der Waals surface area contributed by atoms with Crippen LogP contribution in [0, 0.1) is 24.0 Å². The highest BCUT2D eigenvalue weighted by molar-refractivity contribution is 5.81. The monoisotopic (exact) mass is 367 g/mol. The fourth-order valence-electron chi connectivity index (χ4n) is 2.25. The molecular weight excluding hydrogens is 344 g/mol. The number of hydrogen-bond acceptors (Lipinski definition) is 4. The number of carbonyl (C=O) groups excluding carboxylic acids is 2. The highest BCUT2D eigenvalue weighted by Crippen LogP contribution is 2.11. The van der Waals surface area contributed by atoms with Gasteiger partial charge in [-0.25, -0.2) is 18.4 Å². The van der Waals surface area contributed by atoms with Crippen LogP contribution >= 0.6 is 0 Å². The Kier molecular flexibility index (Phi) is 9.77. The number of unbranched alkanes of at least 4 members (excludes halogenated alkanes) is 3. The van der Waals surface area contributed by atoms with Gasteiger partial charge in [0.25, 0.3) is 0 Å². The lowest BCUT2D eigenvalue weighted by Gasteiger charge is -2.17. The van der Waals surface area contributed by atoms with Crippen molar-refractivity contribution in [3.63, 3.8) is 0 Å². The number of ether oxygens (including phenoxy) is 2. The Balaban J connectivity index is 2.67. The molecule has 0 radical (unpaired) electrons. The van der Waals surface area contributed by atoms with Gasteiger partial charge in [0, 0.05) is 12.5 Å². The van der Waals surface area contributed by atoms with E-state index in [1.165, 1.54) is 0 Å². The van der Waals surface area contributed by atoms with Crippen LogP contribution in [-0.4, -0.2) is 31.3 Å². The number of halogens is 2. The Bertz CT molecular complexity index is 623. The van der Waals surface area contributed by atoms with E-state index in [-0.39, 0.29) is 25.2 Å². The number of terminal acetylenes is 1. The van der Waals surface area contributed by atoms with Gasteiger partial charge < -0.3 is 14.8 Å². The van der Waals surface area contributed by atoms with Crippen LogP contribution in [0.15, 0.2) is 18.2 Å². The molecule has 7 heteroatoms. The first-order valence-corrected chi connectivity index (χ1v) is 8.44. The number of esters is 1. The minimum Gasteiger partial charge on any atom is -0.451 e. The zero-order chi connectivity index (χ0) is 19.4. The highest BCUT2D eigenvalue weighted by Gasteiger charge is 2.24. The van der Waals surface area contributed by atoms with E-state index in [1.54, 1.807) is 0 Å². The van der Waals surface area contributed by atoms with Crippen LogP contribution in [0.3, 0.4) is 0 Å². The van der Waals surface area contributed by atoms with Crippen molar-refractivity contribution in [3.05, 3.63) is 35.4 Å². The molecule has 0 fully saturated rings. The molecule has 0 heterocycles. The van der Waals surface area contributed by atoms with Crippen LogP contribution in [0.1, 0.15) is 38.2 Å². The van der Waals surface area contributed by atoms with Crippen molar-refractivity contribution >= 4 is 12.1 Å². The molecule has 0 aliphatic carbocycles. The van der Waals surface area contributed by atoms with E-state index in [0.717, 1.165) is 31.4 Å². The number of nitrogens with one attached hydrogen (secondary N) is 1. The topological polar surface area (TPSA) is 64.6 Å². The van der Waals surface area contributed by atoms with Crippen molar-refractivity contribution in [2.45, 2.75) is 45.1 Å². The first-order chi connectivity index (χ1) is 12.5. The highest BCUT2D eigenvalue weighted by atomic mass is 19.1. The maximum Gasteiger partial charge on any atom is 0.407 e. The maximum absolute atomic E-state index is 13.3. The molecular formula is C19H23F2NO4. The summed E-state index contributed by atoms with van der Waals surface area (Å²) in [6.45, 7) is 2.00. The van der Waals surface area contributed by atoms with Crippen LogP contribution in [0.2, 0.25) is 0 Å². The molecule has 0 saturated carbocycles. The van der Waals surface area contributed by atoms with Crippen molar-refractivity contribution < 1.29 is 27.8 Å². The van der Waals surface area contributed by atoms with Crippen LogP contribution in [0.5, 0.6) is 0 Å². The standard InChI is InChI=1S/C19H23F2NO4/c1-3-5-6-7-9-26-19(24)22-17(18(23)25-8-4-2)12-14-10-15(20)13-16(21)11-14/h2,10-11,13,17H,3,5-9,12H2,1H3,(H,22,24)/t17-/m0/s1. The van der Waals surface area contributed by atoms with Crippen LogP contribution in [0.4, 0.5) is 13.6 Å². The van der Waals surface area contributed by atoms with Crippen molar-refractivity contribution in [3.8, 4) is 12.3 Å². The second-order valence-electron chi connectivity index (χ2n) is 5.69. The first-order valence-electron chi connectivity index (χ1n) is 8.44. The van der Waals surface area contributed by atoms with E-state index in [0.29, 0.717) is 12.5 Å². The van der Waals surface area contributed by atoms with Crippen LogP contribution in [0.25, 0.3) is 0 Å². The van der Waals surface area contributed by atoms with Gasteiger partial charge in [-0.2, -0.15) is 0 Å². The SMILES string of the molecule is C#CCOC(=O)[C@H](Cc1cc(F)cc(F)c1)NC(=O)OCCCCCC. The summed E-state index contributed by atoms with van der Waals surface area (Å²) in [5.41, 5.74) is 0.188. The minimum absolute atomic E-state index is 0.164. The molecule has 0 aliphatic heterocycles. The van der Waals surface area contributed by atoms with Crippen LogP contribution < -0.4 is 5.32 Å². The number of rotatable bonds is 10. The maximum atomic E-state index is 13.3. The number of alkyl carbamates (subject to hydrolysis) is 1. The van der Waals surface area contributed by atoms with E-state index < -0.39 is 29.7 Å². The summed E-state index contributed by atoms with van der Waals surface area (Å²) < 4.78 is 36.5. The first kappa shape index (κ1) is 21.4. The number of benzene rings is 1. The second kappa shape index (κ2) is 11.9. The van der Waals surface area contributed by atoms with Crippen molar-refractivity contribution in [2.24, 2.45) is 0 Å². The number of amides is 1. The summed E-state index contributed by atoms with van der Waals surface area (Å²) in [6, 6.07) is 1.69. The Morgan fingerprint density at radius 3 is 2.46 bits per heavy atom. The molecule has 0 bridgehead atoms. The van der Waals surface area contributed by atoms with Gasteiger partial charge >= 0.3 is 12.1 Å². The summed E-state index contributed by atoms with van der Waals surface area (Å²) in [5.74, 6) is -0.240. The average Bonchev–Trinajstić information content (AvgIpc) is 2.58. The lowest BCUT2D eigenvalue weighted by atomic mass is 10.1. The molecule has 1 N–H and O–H groups in total. The summed E-state index contributed by atoms with van der Waals surface area (Å²) >= 11 is 0. The van der Waals surface area contributed by atoms with Gasteiger partial charge in [0.2, 0.25) is 0 Å². The van der Waals surface area contributed by atoms with Gasteiger partial charge in [0.05, 0.1) is 6.61 Å². The quantitative estimate of drug-likeness (QED) is 0.391. The molecule has 26 heavy (non-hydrogen) atoms. The lowest BCUT2D eigenvalue weighted by molar-refractivity contribution is -0.144. The van der Waals surface area contributed by atoms with Crippen molar-refractivity contribution in [1.82, 2.24) is 5.32 Å². The van der Waals surface area contributed by atoms with Crippen molar-refractivity contribution in [1.29, 1.82) is 0 Å². The van der Waals surface area contributed by atoms with Crippen molar-refractivity contribution in [2.75, 3.05) is 13.2 Å². The van der Waals surface area contributed by atoms with Gasteiger partial charge in [0.1, 0.15) is 17.7 Å². The average molecular weight is 367 g/mol. The number of carbonyl (C=O) groups is 2. The Labute approximate surface area is 152 Å². The largest absolute Gasteiger partial charge is 0.451 e. The molecule has 0 unspecified atom stereocenters.